The fourth-order valence-electron chi connectivity index (χ4n) is 2.77. The highest BCUT2D eigenvalue weighted by Gasteiger charge is 2.20. The summed E-state index contributed by atoms with van der Waals surface area (Å²) in [6.45, 7) is 3.19. The van der Waals surface area contributed by atoms with Crippen LogP contribution in [-0.2, 0) is 16.1 Å². The van der Waals surface area contributed by atoms with Gasteiger partial charge in [0.2, 0.25) is 5.91 Å². The van der Waals surface area contributed by atoms with Gasteiger partial charge < -0.3 is 14.8 Å². The number of carbonyl (C=O) groups is 1. The van der Waals surface area contributed by atoms with Crippen LogP contribution in [0, 0.1) is 0 Å². The molecule has 1 atom stereocenters. The van der Waals surface area contributed by atoms with E-state index in [1.165, 1.54) is 0 Å². The highest BCUT2D eigenvalue weighted by atomic mass is 16.5. The molecule has 1 fully saturated rings. The number of para-hydroxylation sites is 1. The first-order chi connectivity index (χ1) is 10.7. The van der Waals surface area contributed by atoms with E-state index in [4.69, 9.17) is 9.47 Å². The van der Waals surface area contributed by atoms with Crippen molar-refractivity contribution < 1.29 is 14.3 Å². The zero-order valence-electron chi connectivity index (χ0n) is 13.5. The van der Waals surface area contributed by atoms with Crippen LogP contribution < -0.4 is 10.1 Å². The summed E-state index contributed by atoms with van der Waals surface area (Å²) in [5, 5.41) is 2.68. The van der Waals surface area contributed by atoms with E-state index in [1.807, 2.05) is 18.2 Å². The van der Waals surface area contributed by atoms with Gasteiger partial charge in [0.15, 0.2) is 0 Å². The van der Waals surface area contributed by atoms with E-state index in [9.17, 15) is 4.79 Å². The molecule has 0 radical (unpaired) electrons. The highest BCUT2D eigenvalue weighted by Crippen LogP contribution is 2.21. The largest absolute Gasteiger partial charge is 0.496 e. The minimum atomic E-state index is 0.0670. The molecule has 1 heterocycles. The van der Waals surface area contributed by atoms with E-state index in [0.29, 0.717) is 6.42 Å². The normalized spacial score (nSPS) is 17.7. The molecule has 2 rings (SSSR count). The quantitative estimate of drug-likeness (QED) is 0.796. The zero-order chi connectivity index (χ0) is 15.8. The molecule has 0 bridgehead atoms. The SMILES string of the molecule is CNC(=O)CCN(Cc1ccccc1OC)C[C@H]1CCCO1. The Hall–Kier alpha value is -1.59. The lowest BCUT2D eigenvalue weighted by Crippen LogP contribution is -2.35. The third-order valence-corrected chi connectivity index (χ3v) is 4.01. The molecule has 0 spiro atoms. The number of nitrogens with one attached hydrogen (secondary N) is 1. The molecule has 0 aliphatic carbocycles. The first-order valence-corrected chi connectivity index (χ1v) is 7.89. The molecule has 1 N–H and O–H groups in total. The van der Waals surface area contributed by atoms with Crippen LogP contribution in [0.15, 0.2) is 24.3 Å². The molecular formula is C17H26N2O3. The van der Waals surface area contributed by atoms with Gasteiger partial charge in [-0.1, -0.05) is 18.2 Å². The number of hydrogen-bond acceptors (Lipinski definition) is 4. The molecule has 1 aliphatic rings. The second kappa shape index (κ2) is 8.76. The van der Waals surface area contributed by atoms with Crippen LogP contribution in [0.25, 0.3) is 0 Å². The molecule has 0 aromatic heterocycles. The van der Waals surface area contributed by atoms with Crippen LogP contribution in [0.3, 0.4) is 0 Å². The monoisotopic (exact) mass is 306 g/mol. The van der Waals surface area contributed by atoms with Gasteiger partial charge in [-0.05, 0) is 18.9 Å². The zero-order valence-corrected chi connectivity index (χ0v) is 13.5. The van der Waals surface area contributed by atoms with Gasteiger partial charge in [0, 0.05) is 45.3 Å². The Kier molecular flexibility index (Phi) is 6.68. The van der Waals surface area contributed by atoms with Crippen LogP contribution >= 0.6 is 0 Å². The standard InChI is InChI=1S/C17H26N2O3/c1-18-17(20)9-10-19(13-15-7-5-11-22-15)12-14-6-3-4-8-16(14)21-2/h3-4,6,8,15H,5,7,9-13H2,1-2H3,(H,18,20)/t15-/m1/s1. The molecule has 1 aliphatic heterocycles. The molecule has 1 saturated heterocycles. The van der Waals surface area contributed by atoms with Crippen LogP contribution in [0.4, 0.5) is 0 Å². The van der Waals surface area contributed by atoms with Crippen molar-refractivity contribution in [3.8, 4) is 5.75 Å². The molecule has 0 saturated carbocycles. The van der Waals surface area contributed by atoms with Gasteiger partial charge in [-0.15, -0.1) is 0 Å². The average molecular weight is 306 g/mol. The number of ether oxygens (including phenoxy) is 2. The minimum Gasteiger partial charge on any atom is -0.496 e. The van der Waals surface area contributed by atoms with Gasteiger partial charge in [0.1, 0.15) is 5.75 Å². The number of benzene rings is 1. The fraction of sp³-hybridized carbons (Fsp3) is 0.588. The maximum absolute atomic E-state index is 11.5. The predicted molar refractivity (Wildman–Crippen MR) is 85.9 cm³/mol. The summed E-state index contributed by atoms with van der Waals surface area (Å²) in [5.41, 5.74) is 1.14. The maximum Gasteiger partial charge on any atom is 0.221 e. The first kappa shape index (κ1) is 16.8. The third kappa shape index (κ3) is 5.00. The molecule has 122 valence electrons. The van der Waals surface area contributed by atoms with Gasteiger partial charge in [-0.2, -0.15) is 0 Å². The van der Waals surface area contributed by atoms with Crippen molar-refractivity contribution in [3.05, 3.63) is 29.8 Å². The van der Waals surface area contributed by atoms with Crippen molar-refractivity contribution in [1.29, 1.82) is 0 Å². The van der Waals surface area contributed by atoms with E-state index in [1.54, 1.807) is 14.2 Å². The van der Waals surface area contributed by atoms with Crippen LogP contribution in [-0.4, -0.2) is 50.8 Å². The van der Waals surface area contributed by atoms with Crippen molar-refractivity contribution in [3.63, 3.8) is 0 Å². The number of amides is 1. The molecule has 1 amide bonds. The third-order valence-electron chi connectivity index (χ3n) is 4.01. The van der Waals surface area contributed by atoms with Crippen LogP contribution in [0.2, 0.25) is 0 Å². The summed E-state index contributed by atoms with van der Waals surface area (Å²) in [7, 11) is 3.36. The van der Waals surface area contributed by atoms with E-state index in [0.717, 1.165) is 50.4 Å². The van der Waals surface area contributed by atoms with E-state index < -0.39 is 0 Å². The number of carbonyl (C=O) groups excluding carboxylic acids is 1. The Morgan fingerprint density at radius 2 is 2.27 bits per heavy atom. The number of hydrogen-bond donors (Lipinski definition) is 1. The molecule has 5 nitrogen and oxygen atoms in total. The van der Waals surface area contributed by atoms with Crippen LogP contribution in [0.1, 0.15) is 24.8 Å². The summed E-state index contributed by atoms with van der Waals surface area (Å²) < 4.78 is 11.2. The van der Waals surface area contributed by atoms with E-state index in [-0.39, 0.29) is 12.0 Å². The average Bonchev–Trinajstić information content (AvgIpc) is 3.05. The molecule has 1 aromatic carbocycles. The Bertz CT molecular complexity index is 473. The fourth-order valence-corrected chi connectivity index (χ4v) is 2.77. The van der Waals surface area contributed by atoms with Gasteiger partial charge in [0.05, 0.1) is 13.2 Å². The Morgan fingerprint density at radius 3 is 2.95 bits per heavy atom. The van der Waals surface area contributed by atoms with E-state index >= 15 is 0 Å². The molecule has 1 aromatic rings. The molecular weight excluding hydrogens is 280 g/mol. The summed E-state index contributed by atoms with van der Waals surface area (Å²) >= 11 is 0. The summed E-state index contributed by atoms with van der Waals surface area (Å²) in [6, 6.07) is 8.03. The second-order valence-electron chi connectivity index (χ2n) is 5.61. The Morgan fingerprint density at radius 1 is 1.45 bits per heavy atom. The molecule has 0 unspecified atom stereocenters. The van der Waals surface area contributed by atoms with Crippen molar-refractivity contribution >= 4 is 5.91 Å². The molecule has 5 heteroatoms. The van der Waals surface area contributed by atoms with Crippen LogP contribution in [0.5, 0.6) is 5.75 Å². The number of rotatable bonds is 8. The Balaban J connectivity index is 2.00. The molecule has 22 heavy (non-hydrogen) atoms. The highest BCUT2D eigenvalue weighted by molar-refractivity contribution is 5.75. The summed E-state index contributed by atoms with van der Waals surface area (Å²) in [5.74, 6) is 0.956. The number of methoxy groups -OCH3 is 1. The lowest BCUT2D eigenvalue weighted by atomic mass is 10.1. The van der Waals surface area contributed by atoms with Gasteiger partial charge >= 0.3 is 0 Å². The van der Waals surface area contributed by atoms with Gasteiger partial charge in [-0.25, -0.2) is 0 Å². The van der Waals surface area contributed by atoms with Crippen molar-refractivity contribution in [2.24, 2.45) is 0 Å². The maximum atomic E-state index is 11.5. The first-order valence-electron chi connectivity index (χ1n) is 7.89. The smallest absolute Gasteiger partial charge is 0.221 e. The van der Waals surface area contributed by atoms with E-state index in [2.05, 4.69) is 16.3 Å². The predicted octanol–water partition coefficient (Wildman–Crippen LogP) is 1.81. The lowest BCUT2D eigenvalue weighted by Gasteiger charge is -2.25. The Labute approximate surface area is 132 Å². The summed E-state index contributed by atoms with van der Waals surface area (Å²) in [6.07, 6.45) is 3.00. The number of nitrogens with zero attached hydrogens (tertiary/aromatic N) is 1. The van der Waals surface area contributed by atoms with Gasteiger partial charge in [0.25, 0.3) is 0 Å². The lowest BCUT2D eigenvalue weighted by molar-refractivity contribution is -0.121. The van der Waals surface area contributed by atoms with Crippen molar-refractivity contribution in [1.82, 2.24) is 10.2 Å². The topological polar surface area (TPSA) is 50.8 Å². The van der Waals surface area contributed by atoms with Crippen molar-refractivity contribution in [2.75, 3.05) is 33.9 Å². The minimum absolute atomic E-state index is 0.0670. The summed E-state index contributed by atoms with van der Waals surface area (Å²) in [4.78, 5) is 13.8. The van der Waals surface area contributed by atoms with Gasteiger partial charge in [-0.3, -0.25) is 9.69 Å². The second-order valence-corrected chi connectivity index (χ2v) is 5.61. The van der Waals surface area contributed by atoms with Crippen molar-refractivity contribution in [2.45, 2.75) is 31.9 Å².